The van der Waals surface area contributed by atoms with Crippen LogP contribution in [0.15, 0.2) is 0 Å². The molecule has 1 amide bonds. The summed E-state index contributed by atoms with van der Waals surface area (Å²) >= 11 is 0. The molecule has 0 aromatic rings. The summed E-state index contributed by atoms with van der Waals surface area (Å²) in [6.45, 7) is 7.64. The van der Waals surface area contributed by atoms with Crippen LogP contribution in [-0.2, 0) is 9.47 Å². The van der Waals surface area contributed by atoms with Crippen LogP contribution in [0.5, 0.6) is 0 Å². The SMILES string of the molecule is CC(O)C1(NC(=O)OC(C)(C)C)COC1. The lowest BCUT2D eigenvalue weighted by molar-refractivity contribution is -0.125. The number of ether oxygens (including phenoxy) is 2. The highest BCUT2D eigenvalue weighted by molar-refractivity contribution is 5.69. The zero-order valence-electron chi connectivity index (χ0n) is 9.66. The summed E-state index contributed by atoms with van der Waals surface area (Å²) in [6, 6.07) is 0. The quantitative estimate of drug-likeness (QED) is 0.713. The van der Waals surface area contributed by atoms with E-state index in [1.165, 1.54) is 0 Å². The first-order valence-electron chi connectivity index (χ1n) is 5.02. The van der Waals surface area contributed by atoms with Crippen molar-refractivity contribution in [1.29, 1.82) is 0 Å². The van der Waals surface area contributed by atoms with Gasteiger partial charge in [-0.1, -0.05) is 0 Å². The van der Waals surface area contributed by atoms with Crippen LogP contribution in [0.2, 0.25) is 0 Å². The van der Waals surface area contributed by atoms with Gasteiger partial charge >= 0.3 is 6.09 Å². The normalized spacial score (nSPS) is 21.4. The molecule has 1 unspecified atom stereocenters. The third kappa shape index (κ3) is 3.07. The molecule has 0 aromatic heterocycles. The Hall–Kier alpha value is -0.810. The van der Waals surface area contributed by atoms with Crippen molar-refractivity contribution in [3.63, 3.8) is 0 Å². The molecule has 0 aromatic carbocycles. The van der Waals surface area contributed by atoms with Gasteiger partial charge in [0.25, 0.3) is 0 Å². The number of aliphatic hydroxyl groups excluding tert-OH is 1. The molecule has 0 saturated carbocycles. The second-order valence-corrected chi connectivity index (χ2v) is 4.95. The van der Waals surface area contributed by atoms with Crippen molar-refractivity contribution in [2.45, 2.75) is 44.9 Å². The Bertz CT molecular complexity index is 240. The van der Waals surface area contributed by atoms with Crippen LogP contribution < -0.4 is 5.32 Å². The second-order valence-electron chi connectivity index (χ2n) is 4.95. The second kappa shape index (κ2) is 3.98. The molecule has 5 heteroatoms. The minimum absolute atomic E-state index is 0.323. The molecule has 1 atom stereocenters. The molecule has 1 saturated heterocycles. The highest BCUT2D eigenvalue weighted by atomic mass is 16.6. The Morgan fingerprint density at radius 1 is 1.53 bits per heavy atom. The molecule has 1 fully saturated rings. The first-order valence-corrected chi connectivity index (χ1v) is 5.02. The Morgan fingerprint density at radius 2 is 2.07 bits per heavy atom. The van der Waals surface area contributed by atoms with Gasteiger partial charge in [-0.05, 0) is 27.7 Å². The number of rotatable bonds is 2. The lowest BCUT2D eigenvalue weighted by atomic mass is 9.91. The van der Waals surface area contributed by atoms with E-state index in [4.69, 9.17) is 9.47 Å². The lowest BCUT2D eigenvalue weighted by Gasteiger charge is -2.44. The van der Waals surface area contributed by atoms with E-state index in [1.54, 1.807) is 27.7 Å². The zero-order chi connectivity index (χ0) is 11.7. The van der Waals surface area contributed by atoms with Gasteiger partial charge in [0.1, 0.15) is 11.1 Å². The van der Waals surface area contributed by atoms with Crippen molar-refractivity contribution in [3.05, 3.63) is 0 Å². The predicted molar refractivity (Wildman–Crippen MR) is 54.6 cm³/mol. The molecular formula is C10H19NO4. The maximum absolute atomic E-state index is 11.5. The number of nitrogens with one attached hydrogen (secondary N) is 1. The van der Waals surface area contributed by atoms with E-state index in [0.717, 1.165) is 0 Å². The standard InChI is InChI=1S/C10H19NO4/c1-7(12)10(5-14-6-10)11-8(13)15-9(2,3)4/h7,12H,5-6H2,1-4H3,(H,11,13). The molecule has 88 valence electrons. The molecule has 2 N–H and O–H groups in total. The van der Waals surface area contributed by atoms with Crippen LogP contribution >= 0.6 is 0 Å². The first kappa shape index (κ1) is 12.3. The van der Waals surface area contributed by atoms with E-state index in [0.29, 0.717) is 13.2 Å². The van der Waals surface area contributed by atoms with Gasteiger partial charge in [-0.15, -0.1) is 0 Å². The fourth-order valence-corrected chi connectivity index (χ4v) is 1.25. The predicted octanol–water partition coefficient (Wildman–Crippen LogP) is 0.661. The average Bonchev–Trinajstić information content (AvgIpc) is 1.92. The average molecular weight is 217 g/mol. The van der Waals surface area contributed by atoms with Gasteiger partial charge in [-0.3, -0.25) is 0 Å². The topological polar surface area (TPSA) is 67.8 Å². The number of alkyl carbamates (subject to hydrolysis) is 1. The molecular weight excluding hydrogens is 198 g/mol. The summed E-state index contributed by atoms with van der Waals surface area (Å²) in [5.74, 6) is 0. The van der Waals surface area contributed by atoms with Crippen molar-refractivity contribution < 1.29 is 19.4 Å². The molecule has 1 rings (SSSR count). The van der Waals surface area contributed by atoms with Crippen molar-refractivity contribution >= 4 is 6.09 Å². The monoisotopic (exact) mass is 217 g/mol. The summed E-state index contributed by atoms with van der Waals surface area (Å²) in [7, 11) is 0. The van der Waals surface area contributed by atoms with Crippen molar-refractivity contribution in [3.8, 4) is 0 Å². The Morgan fingerprint density at radius 3 is 2.33 bits per heavy atom. The fraction of sp³-hybridized carbons (Fsp3) is 0.900. The minimum Gasteiger partial charge on any atom is -0.444 e. The van der Waals surface area contributed by atoms with E-state index >= 15 is 0 Å². The van der Waals surface area contributed by atoms with Gasteiger partial charge in [0.15, 0.2) is 0 Å². The van der Waals surface area contributed by atoms with E-state index < -0.39 is 23.3 Å². The van der Waals surface area contributed by atoms with Crippen LogP contribution in [0.4, 0.5) is 4.79 Å². The fourth-order valence-electron chi connectivity index (χ4n) is 1.25. The summed E-state index contributed by atoms with van der Waals surface area (Å²) in [5.41, 5.74) is -1.21. The molecule has 15 heavy (non-hydrogen) atoms. The molecule has 5 nitrogen and oxygen atoms in total. The van der Waals surface area contributed by atoms with Crippen LogP contribution in [0, 0.1) is 0 Å². The van der Waals surface area contributed by atoms with Crippen molar-refractivity contribution in [2.24, 2.45) is 0 Å². The lowest BCUT2D eigenvalue weighted by Crippen LogP contribution is -2.68. The molecule has 1 aliphatic heterocycles. The zero-order valence-corrected chi connectivity index (χ0v) is 9.66. The number of hydrogen-bond acceptors (Lipinski definition) is 4. The molecule has 1 heterocycles. The smallest absolute Gasteiger partial charge is 0.408 e. The molecule has 1 aliphatic rings. The minimum atomic E-state index is -0.678. The number of amides is 1. The maximum Gasteiger partial charge on any atom is 0.408 e. The summed E-state index contributed by atoms with van der Waals surface area (Å²) in [5, 5.41) is 12.2. The van der Waals surface area contributed by atoms with E-state index in [1.807, 2.05) is 0 Å². The van der Waals surface area contributed by atoms with Crippen molar-refractivity contribution in [1.82, 2.24) is 5.32 Å². The van der Waals surface area contributed by atoms with Crippen LogP contribution in [0.1, 0.15) is 27.7 Å². The van der Waals surface area contributed by atoms with Crippen LogP contribution in [0.25, 0.3) is 0 Å². The van der Waals surface area contributed by atoms with Gasteiger partial charge in [0, 0.05) is 0 Å². The third-order valence-electron chi connectivity index (χ3n) is 2.27. The Kier molecular flexibility index (Phi) is 3.25. The number of carbonyl (C=O) groups is 1. The van der Waals surface area contributed by atoms with E-state index in [2.05, 4.69) is 5.32 Å². The van der Waals surface area contributed by atoms with Gasteiger partial charge < -0.3 is 19.9 Å². The first-order chi connectivity index (χ1) is 6.75. The molecule has 0 spiro atoms. The van der Waals surface area contributed by atoms with Gasteiger partial charge in [-0.2, -0.15) is 0 Å². The highest BCUT2D eigenvalue weighted by Crippen LogP contribution is 2.22. The Labute approximate surface area is 89.8 Å². The van der Waals surface area contributed by atoms with Gasteiger partial charge in [0.05, 0.1) is 19.3 Å². The largest absolute Gasteiger partial charge is 0.444 e. The summed E-state index contributed by atoms with van der Waals surface area (Å²) in [6.07, 6.45) is -1.18. The van der Waals surface area contributed by atoms with E-state index in [-0.39, 0.29) is 0 Å². The van der Waals surface area contributed by atoms with Gasteiger partial charge in [-0.25, -0.2) is 4.79 Å². The number of carbonyl (C=O) groups excluding carboxylic acids is 1. The summed E-state index contributed by atoms with van der Waals surface area (Å²) in [4.78, 5) is 11.5. The number of aliphatic hydroxyl groups is 1. The number of hydrogen-bond donors (Lipinski definition) is 2. The highest BCUT2D eigenvalue weighted by Gasteiger charge is 2.45. The molecule has 0 radical (unpaired) electrons. The third-order valence-corrected chi connectivity index (χ3v) is 2.27. The van der Waals surface area contributed by atoms with Crippen LogP contribution in [0.3, 0.4) is 0 Å². The van der Waals surface area contributed by atoms with E-state index in [9.17, 15) is 9.90 Å². The van der Waals surface area contributed by atoms with Crippen LogP contribution in [-0.4, -0.2) is 41.7 Å². The summed E-state index contributed by atoms with van der Waals surface area (Å²) < 4.78 is 10.1. The Balaban J connectivity index is 2.50. The molecule has 0 bridgehead atoms. The molecule has 0 aliphatic carbocycles. The van der Waals surface area contributed by atoms with Crippen molar-refractivity contribution in [2.75, 3.05) is 13.2 Å². The maximum atomic E-state index is 11.5. The van der Waals surface area contributed by atoms with Gasteiger partial charge in [0.2, 0.25) is 0 Å².